The number of imidazole rings is 1. The quantitative estimate of drug-likeness (QED) is 0.844. The number of hydrogen-bond donors (Lipinski definition) is 2. The minimum absolute atomic E-state index is 0.0470. The zero-order chi connectivity index (χ0) is 16.9. The molecule has 1 aliphatic heterocycles. The maximum Gasteiger partial charge on any atom is 0.253 e. The second kappa shape index (κ2) is 7.59. The lowest BCUT2D eigenvalue weighted by Gasteiger charge is -2.19. The second-order valence-corrected chi connectivity index (χ2v) is 6.31. The molecule has 0 radical (unpaired) electrons. The van der Waals surface area contributed by atoms with E-state index in [2.05, 4.69) is 22.2 Å². The molecule has 128 valence electrons. The first-order valence-electron chi connectivity index (χ1n) is 8.50. The van der Waals surface area contributed by atoms with Crippen LogP contribution in [0.4, 0.5) is 0 Å². The summed E-state index contributed by atoms with van der Waals surface area (Å²) in [5.41, 5.74) is 7.89. The lowest BCUT2D eigenvalue weighted by molar-refractivity contribution is 0.0950. The molecule has 2 aromatic rings. The fourth-order valence-corrected chi connectivity index (χ4v) is 3.28. The van der Waals surface area contributed by atoms with Crippen LogP contribution < -0.4 is 11.1 Å². The Morgan fingerprint density at radius 3 is 2.96 bits per heavy atom. The molecule has 6 nitrogen and oxygen atoms in total. The number of nitrogens with two attached hydrogens (primary N) is 1. The van der Waals surface area contributed by atoms with Gasteiger partial charge in [-0.15, -0.1) is 0 Å². The van der Waals surface area contributed by atoms with Crippen molar-refractivity contribution in [1.82, 2.24) is 19.8 Å². The normalized spacial score (nSPS) is 18.0. The first-order chi connectivity index (χ1) is 11.7. The van der Waals surface area contributed by atoms with Crippen molar-refractivity contribution in [3.63, 3.8) is 0 Å². The maximum atomic E-state index is 12.6. The van der Waals surface area contributed by atoms with Crippen molar-refractivity contribution in [1.29, 1.82) is 0 Å². The molecule has 1 fully saturated rings. The van der Waals surface area contributed by atoms with Crippen LogP contribution in [-0.4, -0.2) is 46.5 Å². The highest BCUT2D eigenvalue weighted by atomic mass is 16.1. The van der Waals surface area contributed by atoms with E-state index < -0.39 is 0 Å². The molecule has 0 spiro atoms. The molecule has 1 saturated heterocycles. The summed E-state index contributed by atoms with van der Waals surface area (Å²) in [7, 11) is 2.16. The van der Waals surface area contributed by atoms with Gasteiger partial charge in [-0.3, -0.25) is 4.79 Å². The predicted molar refractivity (Wildman–Crippen MR) is 94.1 cm³/mol. The van der Waals surface area contributed by atoms with Crippen LogP contribution in [0.25, 0.3) is 5.69 Å². The molecule has 0 saturated carbocycles. The van der Waals surface area contributed by atoms with E-state index in [1.54, 1.807) is 6.33 Å². The van der Waals surface area contributed by atoms with Gasteiger partial charge in [-0.1, -0.05) is 12.1 Å². The van der Waals surface area contributed by atoms with Crippen LogP contribution in [0.1, 0.15) is 35.3 Å². The molecule has 3 rings (SSSR count). The zero-order valence-electron chi connectivity index (χ0n) is 14.1. The van der Waals surface area contributed by atoms with Gasteiger partial charge >= 0.3 is 0 Å². The van der Waals surface area contributed by atoms with Gasteiger partial charge in [0.25, 0.3) is 5.91 Å². The van der Waals surface area contributed by atoms with Crippen molar-refractivity contribution in [2.45, 2.75) is 31.8 Å². The first-order valence-corrected chi connectivity index (χ1v) is 8.50. The van der Waals surface area contributed by atoms with Crippen LogP contribution in [0.15, 0.2) is 36.8 Å². The summed E-state index contributed by atoms with van der Waals surface area (Å²) < 4.78 is 1.85. The van der Waals surface area contributed by atoms with E-state index in [9.17, 15) is 4.79 Å². The summed E-state index contributed by atoms with van der Waals surface area (Å²) in [5.74, 6) is -0.0470. The molecule has 0 aliphatic carbocycles. The van der Waals surface area contributed by atoms with Crippen molar-refractivity contribution in [2.75, 3.05) is 20.1 Å². The van der Waals surface area contributed by atoms with Crippen LogP contribution >= 0.6 is 0 Å². The van der Waals surface area contributed by atoms with Gasteiger partial charge in [0.15, 0.2) is 0 Å². The SMILES string of the molecule is CN1CCC[C@H]1CCNC(=O)c1ccccc1-n1cnc(CN)c1. The van der Waals surface area contributed by atoms with E-state index in [0.717, 1.165) is 24.3 Å². The van der Waals surface area contributed by atoms with E-state index in [4.69, 9.17) is 5.73 Å². The van der Waals surface area contributed by atoms with E-state index >= 15 is 0 Å². The molecule has 1 aromatic carbocycles. The molecular weight excluding hydrogens is 302 g/mol. The minimum atomic E-state index is -0.0470. The van der Waals surface area contributed by atoms with Crippen LogP contribution in [0.2, 0.25) is 0 Å². The van der Waals surface area contributed by atoms with Gasteiger partial charge in [-0.2, -0.15) is 0 Å². The standard InChI is InChI=1S/C18H25N5O/c1-22-10-4-5-15(22)8-9-20-18(24)16-6-2-3-7-17(16)23-12-14(11-19)21-13-23/h2-3,6-7,12-13,15H,4-5,8-11,19H2,1H3,(H,20,24)/t15-/m0/s1. The van der Waals surface area contributed by atoms with E-state index in [1.807, 2.05) is 35.0 Å². The minimum Gasteiger partial charge on any atom is -0.352 e. The Kier molecular flexibility index (Phi) is 5.27. The summed E-state index contributed by atoms with van der Waals surface area (Å²) >= 11 is 0. The molecule has 0 bridgehead atoms. The van der Waals surface area contributed by atoms with Crippen molar-refractivity contribution in [2.24, 2.45) is 5.73 Å². The second-order valence-electron chi connectivity index (χ2n) is 6.31. The lowest BCUT2D eigenvalue weighted by Crippen LogP contribution is -2.32. The molecule has 6 heteroatoms. The number of amides is 1. The highest BCUT2D eigenvalue weighted by Gasteiger charge is 2.20. The fraction of sp³-hybridized carbons (Fsp3) is 0.444. The fourth-order valence-electron chi connectivity index (χ4n) is 3.28. The van der Waals surface area contributed by atoms with Gasteiger partial charge in [0.1, 0.15) is 0 Å². The Labute approximate surface area is 142 Å². The number of likely N-dealkylation sites (tertiary alicyclic amines) is 1. The summed E-state index contributed by atoms with van der Waals surface area (Å²) in [4.78, 5) is 19.2. The number of nitrogens with zero attached hydrogens (tertiary/aromatic N) is 3. The molecule has 24 heavy (non-hydrogen) atoms. The highest BCUT2D eigenvalue weighted by Crippen LogP contribution is 2.18. The number of carbonyl (C=O) groups excluding carboxylic acids is 1. The van der Waals surface area contributed by atoms with Gasteiger partial charge in [-0.25, -0.2) is 4.98 Å². The van der Waals surface area contributed by atoms with Gasteiger partial charge in [-0.05, 0) is 45.0 Å². The smallest absolute Gasteiger partial charge is 0.253 e. The van der Waals surface area contributed by atoms with Gasteiger partial charge in [0, 0.05) is 25.3 Å². The zero-order valence-corrected chi connectivity index (χ0v) is 14.1. The van der Waals surface area contributed by atoms with Crippen molar-refractivity contribution in [3.05, 3.63) is 48.0 Å². The van der Waals surface area contributed by atoms with Crippen LogP contribution in [0.5, 0.6) is 0 Å². The van der Waals surface area contributed by atoms with E-state index in [-0.39, 0.29) is 5.91 Å². The topological polar surface area (TPSA) is 76.2 Å². The van der Waals surface area contributed by atoms with Crippen molar-refractivity contribution < 1.29 is 4.79 Å². The molecule has 1 aromatic heterocycles. The monoisotopic (exact) mass is 327 g/mol. The van der Waals surface area contributed by atoms with Gasteiger partial charge in [0.2, 0.25) is 0 Å². The largest absolute Gasteiger partial charge is 0.352 e. The average molecular weight is 327 g/mol. The van der Waals surface area contributed by atoms with Gasteiger partial charge < -0.3 is 20.5 Å². The average Bonchev–Trinajstić information content (AvgIpc) is 3.24. The maximum absolute atomic E-state index is 12.6. The summed E-state index contributed by atoms with van der Waals surface area (Å²) in [6.45, 7) is 2.24. The van der Waals surface area contributed by atoms with Crippen LogP contribution in [0.3, 0.4) is 0 Å². The number of hydrogen-bond acceptors (Lipinski definition) is 4. The Balaban J connectivity index is 1.66. The number of aromatic nitrogens is 2. The Morgan fingerprint density at radius 2 is 2.25 bits per heavy atom. The van der Waals surface area contributed by atoms with Crippen molar-refractivity contribution >= 4 is 5.91 Å². The Hall–Kier alpha value is -2.18. The molecule has 1 atom stereocenters. The van der Waals surface area contributed by atoms with Crippen LogP contribution in [0, 0.1) is 0 Å². The van der Waals surface area contributed by atoms with E-state index in [1.165, 1.54) is 12.8 Å². The third kappa shape index (κ3) is 3.66. The number of para-hydroxylation sites is 1. The Morgan fingerprint density at radius 1 is 1.42 bits per heavy atom. The number of benzene rings is 1. The summed E-state index contributed by atoms with van der Waals surface area (Å²) in [6.07, 6.45) is 7.02. The molecule has 1 amide bonds. The summed E-state index contributed by atoms with van der Waals surface area (Å²) in [6, 6.07) is 8.14. The summed E-state index contributed by atoms with van der Waals surface area (Å²) in [5, 5.41) is 3.05. The Bertz CT molecular complexity index is 696. The number of carbonyl (C=O) groups is 1. The van der Waals surface area contributed by atoms with E-state index in [0.29, 0.717) is 24.7 Å². The number of nitrogens with one attached hydrogen (secondary N) is 1. The predicted octanol–water partition coefficient (Wildman–Crippen LogP) is 1.55. The van der Waals surface area contributed by atoms with Crippen LogP contribution in [-0.2, 0) is 6.54 Å². The lowest BCUT2D eigenvalue weighted by atomic mass is 10.1. The first kappa shape index (κ1) is 16.7. The molecule has 2 heterocycles. The third-order valence-corrected chi connectivity index (χ3v) is 4.71. The molecule has 0 unspecified atom stereocenters. The van der Waals surface area contributed by atoms with Crippen molar-refractivity contribution in [3.8, 4) is 5.69 Å². The molecule has 1 aliphatic rings. The van der Waals surface area contributed by atoms with Gasteiger partial charge in [0.05, 0.1) is 23.3 Å². The molecule has 3 N–H and O–H groups in total. The number of rotatable bonds is 6. The molecular formula is C18H25N5O. The highest BCUT2D eigenvalue weighted by molar-refractivity contribution is 5.97. The third-order valence-electron chi connectivity index (χ3n) is 4.71.